The maximum atomic E-state index is 12.9. The van der Waals surface area contributed by atoms with Crippen molar-refractivity contribution < 1.29 is 8.78 Å². The molecule has 0 nitrogen and oxygen atoms in total. The Labute approximate surface area is 83.3 Å². The van der Waals surface area contributed by atoms with Gasteiger partial charge < -0.3 is 0 Å². The fourth-order valence-corrected chi connectivity index (χ4v) is 1.91. The molecule has 62 valence electrons. The topological polar surface area (TPSA) is 0 Å². The molecule has 11 heavy (non-hydrogen) atoms. The fraction of sp³-hybridized carbons (Fsp3) is 0.429. The molecule has 1 rings (SSSR count). The standard InChI is InChI=1S/C7H7F2IS/c1-3-2-4(10)5(8)6(9)7(3)11/h2,4-5,11H,1H3. The highest BCUT2D eigenvalue weighted by Crippen LogP contribution is 2.33. The Kier molecular flexibility index (Phi) is 2.96. The van der Waals surface area contributed by atoms with Crippen LogP contribution in [0.25, 0.3) is 0 Å². The molecule has 0 aromatic rings. The summed E-state index contributed by atoms with van der Waals surface area (Å²) >= 11 is 5.71. The van der Waals surface area contributed by atoms with Crippen LogP contribution in [-0.2, 0) is 0 Å². The summed E-state index contributed by atoms with van der Waals surface area (Å²) in [4.78, 5) is 0.144. The van der Waals surface area contributed by atoms with E-state index in [4.69, 9.17) is 0 Å². The van der Waals surface area contributed by atoms with Gasteiger partial charge in [-0.3, -0.25) is 0 Å². The highest BCUT2D eigenvalue weighted by Gasteiger charge is 2.27. The molecule has 0 aromatic heterocycles. The van der Waals surface area contributed by atoms with Crippen molar-refractivity contribution in [3.05, 3.63) is 22.4 Å². The van der Waals surface area contributed by atoms with Gasteiger partial charge in [-0.1, -0.05) is 28.7 Å². The third-order valence-corrected chi connectivity index (χ3v) is 3.09. The van der Waals surface area contributed by atoms with Gasteiger partial charge in [0.05, 0.1) is 3.92 Å². The zero-order valence-corrected chi connectivity index (χ0v) is 8.87. The van der Waals surface area contributed by atoms with Crippen LogP contribution in [0.5, 0.6) is 0 Å². The molecule has 2 unspecified atom stereocenters. The number of hydrogen-bond acceptors (Lipinski definition) is 1. The second-order valence-corrected chi connectivity index (χ2v) is 4.28. The first kappa shape index (κ1) is 9.51. The number of thiol groups is 1. The van der Waals surface area contributed by atoms with Gasteiger partial charge in [-0.05, 0) is 12.5 Å². The highest BCUT2D eigenvalue weighted by molar-refractivity contribution is 14.1. The maximum Gasteiger partial charge on any atom is 0.168 e. The van der Waals surface area contributed by atoms with E-state index in [-0.39, 0.29) is 4.91 Å². The SMILES string of the molecule is CC1=CC(I)C(F)C(F)=C1S. The lowest BCUT2D eigenvalue weighted by Crippen LogP contribution is -2.18. The molecule has 0 aliphatic heterocycles. The number of hydrogen-bond donors (Lipinski definition) is 1. The van der Waals surface area contributed by atoms with Gasteiger partial charge in [0.15, 0.2) is 6.17 Å². The molecule has 1 aliphatic carbocycles. The van der Waals surface area contributed by atoms with E-state index < -0.39 is 15.9 Å². The largest absolute Gasteiger partial charge is 0.238 e. The van der Waals surface area contributed by atoms with Crippen molar-refractivity contribution >= 4 is 35.2 Å². The molecule has 0 fully saturated rings. The summed E-state index contributed by atoms with van der Waals surface area (Å²) in [5.41, 5.74) is 0.708. The minimum Gasteiger partial charge on any atom is -0.238 e. The first-order chi connectivity index (χ1) is 5.04. The van der Waals surface area contributed by atoms with Crippen molar-refractivity contribution in [1.29, 1.82) is 0 Å². The second kappa shape index (κ2) is 3.43. The predicted molar refractivity (Wildman–Crippen MR) is 53.6 cm³/mol. The number of alkyl halides is 2. The Morgan fingerprint density at radius 3 is 2.73 bits per heavy atom. The lowest BCUT2D eigenvalue weighted by Gasteiger charge is -2.18. The van der Waals surface area contributed by atoms with Crippen LogP contribution in [0.1, 0.15) is 6.92 Å². The van der Waals surface area contributed by atoms with Gasteiger partial charge in [0.2, 0.25) is 0 Å². The minimum atomic E-state index is -1.52. The van der Waals surface area contributed by atoms with E-state index in [0.717, 1.165) is 0 Å². The zero-order chi connectivity index (χ0) is 8.59. The summed E-state index contributed by atoms with van der Waals surface area (Å²) in [6, 6.07) is 0. The van der Waals surface area contributed by atoms with Crippen LogP contribution in [0.4, 0.5) is 8.78 Å². The lowest BCUT2D eigenvalue weighted by molar-refractivity contribution is 0.334. The third-order valence-electron chi connectivity index (χ3n) is 1.53. The summed E-state index contributed by atoms with van der Waals surface area (Å²) in [5, 5.41) is 0. The van der Waals surface area contributed by atoms with Crippen LogP contribution >= 0.6 is 35.2 Å². The molecular weight excluding hydrogens is 281 g/mol. The van der Waals surface area contributed by atoms with Gasteiger partial charge >= 0.3 is 0 Å². The van der Waals surface area contributed by atoms with E-state index in [0.29, 0.717) is 5.57 Å². The first-order valence-electron chi connectivity index (χ1n) is 3.09. The monoisotopic (exact) mass is 288 g/mol. The van der Waals surface area contributed by atoms with Crippen LogP contribution in [-0.4, -0.2) is 10.1 Å². The predicted octanol–water partition coefficient (Wildman–Crippen LogP) is 3.20. The molecule has 0 aromatic carbocycles. The number of halogens is 3. The van der Waals surface area contributed by atoms with Gasteiger partial charge in [0.1, 0.15) is 5.83 Å². The van der Waals surface area contributed by atoms with Crippen LogP contribution in [0, 0.1) is 0 Å². The normalized spacial score (nSPS) is 32.3. The minimum absolute atomic E-state index is 0.144. The van der Waals surface area contributed by atoms with E-state index in [1.54, 1.807) is 13.0 Å². The van der Waals surface area contributed by atoms with Crippen molar-refractivity contribution in [2.45, 2.75) is 17.0 Å². The van der Waals surface area contributed by atoms with Gasteiger partial charge in [-0.25, -0.2) is 8.78 Å². The quantitative estimate of drug-likeness (QED) is 0.395. The van der Waals surface area contributed by atoms with Crippen LogP contribution in [0.15, 0.2) is 22.4 Å². The van der Waals surface area contributed by atoms with E-state index in [9.17, 15) is 8.78 Å². The Morgan fingerprint density at radius 1 is 1.64 bits per heavy atom. The van der Waals surface area contributed by atoms with Crippen molar-refractivity contribution in [2.24, 2.45) is 0 Å². The van der Waals surface area contributed by atoms with Crippen molar-refractivity contribution in [3.63, 3.8) is 0 Å². The molecule has 4 heteroatoms. The highest BCUT2D eigenvalue weighted by atomic mass is 127. The second-order valence-electron chi connectivity index (χ2n) is 2.39. The summed E-state index contributed by atoms with van der Waals surface area (Å²) < 4.78 is 25.3. The molecular formula is C7H7F2IS. The van der Waals surface area contributed by atoms with E-state index in [1.165, 1.54) is 0 Å². The first-order valence-corrected chi connectivity index (χ1v) is 4.79. The molecule has 1 aliphatic rings. The Bertz CT molecular complexity index is 235. The summed E-state index contributed by atoms with van der Waals surface area (Å²) in [5.74, 6) is -0.743. The fourth-order valence-electron chi connectivity index (χ4n) is 0.861. The van der Waals surface area contributed by atoms with E-state index in [2.05, 4.69) is 12.6 Å². The number of allylic oxidation sites excluding steroid dienone is 3. The van der Waals surface area contributed by atoms with Gasteiger partial charge in [-0.15, -0.1) is 12.6 Å². The van der Waals surface area contributed by atoms with E-state index in [1.807, 2.05) is 22.6 Å². The van der Waals surface area contributed by atoms with Crippen molar-refractivity contribution in [3.8, 4) is 0 Å². The zero-order valence-electron chi connectivity index (χ0n) is 5.81. The van der Waals surface area contributed by atoms with Crippen LogP contribution < -0.4 is 0 Å². The molecule has 0 saturated heterocycles. The molecule has 0 bridgehead atoms. The third kappa shape index (κ3) is 1.77. The van der Waals surface area contributed by atoms with Crippen molar-refractivity contribution in [1.82, 2.24) is 0 Å². The molecule has 2 atom stereocenters. The summed E-state index contributed by atoms with van der Waals surface area (Å²) in [6.07, 6.45) is 0.156. The Morgan fingerprint density at radius 2 is 2.18 bits per heavy atom. The molecule has 0 radical (unpaired) electrons. The average molecular weight is 288 g/mol. The Hall–Kier alpha value is 0.420. The summed E-state index contributed by atoms with van der Waals surface area (Å²) in [7, 11) is 0. The Balaban J connectivity index is 3.02. The lowest BCUT2D eigenvalue weighted by atomic mass is 10.1. The molecule has 0 saturated carbocycles. The van der Waals surface area contributed by atoms with Gasteiger partial charge in [0, 0.05) is 4.91 Å². The van der Waals surface area contributed by atoms with Crippen LogP contribution in [0.2, 0.25) is 0 Å². The smallest absolute Gasteiger partial charge is 0.168 e. The van der Waals surface area contributed by atoms with Crippen molar-refractivity contribution in [2.75, 3.05) is 0 Å². The van der Waals surface area contributed by atoms with Gasteiger partial charge in [-0.2, -0.15) is 0 Å². The van der Waals surface area contributed by atoms with E-state index >= 15 is 0 Å². The molecule has 0 amide bonds. The van der Waals surface area contributed by atoms with Crippen LogP contribution in [0.3, 0.4) is 0 Å². The molecule has 0 N–H and O–H groups in total. The van der Waals surface area contributed by atoms with Gasteiger partial charge in [0.25, 0.3) is 0 Å². The average Bonchev–Trinajstić information content (AvgIpc) is 1.97. The molecule has 0 spiro atoms. The maximum absolute atomic E-state index is 12.9. The number of rotatable bonds is 0. The summed E-state index contributed by atoms with van der Waals surface area (Å²) in [6.45, 7) is 1.72. The molecule has 0 heterocycles.